The van der Waals surface area contributed by atoms with Gasteiger partial charge < -0.3 is 14.4 Å². The van der Waals surface area contributed by atoms with E-state index >= 15 is 0 Å². The van der Waals surface area contributed by atoms with Gasteiger partial charge in [-0.15, -0.1) is 0 Å². The summed E-state index contributed by atoms with van der Waals surface area (Å²) in [6.45, 7) is 4.28. The Morgan fingerprint density at radius 1 is 1.18 bits per heavy atom. The second-order valence-electron chi connectivity index (χ2n) is 6.82. The van der Waals surface area contributed by atoms with Crippen molar-refractivity contribution in [3.8, 4) is 5.69 Å². The molecule has 0 bridgehead atoms. The number of aromatic nitrogens is 4. The largest absolute Gasteiger partial charge is 0.336 e. The summed E-state index contributed by atoms with van der Waals surface area (Å²) in [7, 11) is 1.72. The molecule has 2 aromatic heterocycles. The Morgan fingerprint density at radius 2 is 1.96 bits per heavy atom. The second kappa shape index (κ2) is 7.30. The Labute approximate surface area is 163 Å². The van der Waals surface area contributed by atoms with Crippen LogP contribution in [-0.2, 0) is 13.1 Å². The van der Waals surface area contributed by atoms with E-state index < -0.39 is 0 Å². The zero-order valence-electron chi connectivity index (χ0n) is 15.9. The molecule has 0 aliphatic carbocycles. The fourth-order valence-corrected chi connectivity index (χ4v) is 3.34. The highest BCUT2D eigenvalue weighted by Crippen LogP contribution is 2.15. The van der Waals surface area contributed by atoms with Crippen LogP contribution in [0, 0.1) is 0 Å². The van der Waals surface area contributed by atoms with Gasteiger partial charge in [-0.3, -0.25) is 9.59 Å². The summed E-state index contributed by atoms with van der Waals surface area (Å²) in [5.74, 6) is -0.00783. The molecule has 8 nitrogen and oxygen atoms in total. The van der Waals surface area contributed by atoms with Crippen LogP contribution < -0.4 is 0 Å². The summed E-state index contributed by atoms with van der Waals surface area (Å²) < 4.78 is 3.55. The fourth-order valence-electron chi connectivity index (χ4n) is 3.34. The summed E-state index contributed by atoms with van der Waals surface area (Å²) >= 11 is 0. The van der Waals surface area contributed by atoms with Gasteiger partial charge in [-0.1, -0.05) is 18.2 Å². The van der Waals surface area contributed by atoms with Crippen LogP contribution in [0.1, 0.15) is 33.6 Å². The van der Waals surface area contributed by atoms with Gasteiger partial charge in [-0.2, -0.15) is 5.10 Å². The molecule has 28 heavy (non-hydrogen) atoms. The average Bonchev–Trinajstić information content (AvgIpc) is 3.36. The summed E-state index contributed by atoms with van der Waals surface area (Å²) in [4.78, 5) is 32.8. The van der Waals surface area contributed by atoms with E-state index in [4.69, 9.17) is 0 Å². The van der Waals surface area contributed by atoms with E-state index in [-0.39, 0.29) is 11.8 Å². The van der Waals surface area contributed by atoms with Crippen molar-refractivity contribution >= 4 is 11.8 Å². The number of para-hydroxylation sites is 1. The molecule has 3 aromatic rings. The van der Waals surface area contributed by atoms with Gasteiger partial charge in [0.2, 0.25) is 0 Å². The highest BCUT2D eigenvalue weighted by Gasteiger charge is 2.28. The molecule has 8 heteroatoms. The lowest BCUT2D eigenvalue weighted by Crippen LogP contribution is -2.40. The lowest BCUT2D eigenvalue weighted by atomic mass is 10.3. The minimum Gasteiger partial charge on any atom is -0.336 e. The minimum atomic E-state index is -0.217. The zero-order chi connectivity index (χ0) is 19.7. The van der Waals surface area contributed by atoms with Gasteiger partial charge in [0.15, 0.2) is 5.82 Å². The molecule has 2 amide bonds. The number of imidazole rings is 1. The van der Waals surface area contributed by atoms with Gasteiger partial charge in [0, 0.05) is 51.2 Å². The number of carbonyl (C=O) groups excluding carboxylic acids is 2. The van der Waals surface area contributed by atoms with Crippen LogP contribution in [0.4, 0.5) is 0 Å². The summed E-state index contributed by atoms with van der Waals surface area (Å²) in [5.41, 5.74) is 2.17. The Hall–Kier alpha value is -3.42. The normalized spacial score (nSPS) is 13.5. The molecule has 0 N–H and O–H groups in total. The Balaban J connectivity index is 1.48. The number of fused-ring (bicyclic) bond motifs is 1. The van der Waals surface area contributed by atoms with E-state index in [0.717, 1.165) is 11.3 Å². The van der Waals surface area contributed by atoms with Crippen molar-refractivity contribution in [2.24, 2.45) is 0 Å². The van der Waals surface area contributed by atoms with E-state index in [1.807, 2.05) is 43.5 Å². The van der Waals surface area contributed by atoms with Crippen LogP contribution in [0.15, 0.2) is 48.9 Å². The third-order valence-corrected chi connectivity index (χ3v) is 4.89. The number of amides is 2. The number of benzene rings is 1. The fraction of sp³-hybridized carbons (Fsp3) is 0.300. The smallest absolute Gasteiger partial charge is 0.289 e. The molecule has 1 aliphatic heterocycles. The third kappa shape index (κ3) is 3.28. The third-order valence-electron chi connectivity index (χ3n) is 4.89. The first-order valence-corrected chi connectivity index (χ1v) is 9.27. The quantitative estimate of drug-likeness (QED) is 0.679. The molecular weight excluding hydrogens is 356 g/mol. The van der Waals surface area contributed by atoms with Gasteiger partial charge in [0.05, 0.1) is 11.9 Å². The van der Waals surface area contributed by atoms with Crippen molar-refractivity contribution in [2.45, 2.75) is 20.0 Å². The van der Waals surface area contributed by atoms with Crippen LogP contribution in [0.5, 0.6) is 0 Å². The molecule has 0 saturated heterocycles. The lowest BCUT2D eigenvalue weighted by molar-refractivity contribution is 0.0707. The van der Waals surface area contributed by atoms with Crippen LogP contribution in [0.2, 0.25) is 0 Å². The number of likely N-dealkylation sites (N-methyl/N-ethyl adjacent to an activating group) is 1. The average molecular weight is 378 g/mol. The molecule has 0 atom stereocenters. The number of hydrogen-bond donors (Lipinski definition) is 0. The molecule has 4 rings (SSSR count). The van der Waals surface area contributed by atoms with Crippen molar-refractivity contribution in [3.63, 3.8) is 0 Å². The Bertz CT molecular complexity index is 1010. The topological polar surface area (TPSA) is 76.3 Å². The van der Waals surface area contributed by atoms with Gasteiger partial charge >= 0.3 is 0 Å². The minimum absolute atomic E-state index is 0.125. The van der Waals surface area contributed by atoms with Crippen LogP contribution >= 0.6 is 0 Å². The predicted octanol–water partition coefficient (Wildman–Crippen LogP) is 1.82. The number of carbonyl (C=O) groups is 2. The molecular formula is C20H22N6O2. The van der Waals surface area contributed by atoms with Crippen molar-refractivity contribution in [3.05, 3.63) is 66.0 Å². The Morgan fingerprint density at radius 3 is 2.71 bits per heavy atom. The maximum atomic E-state index is 12.8. The van der Waals surface area contributed by atoms with Gasteiger partial charge in [0.1, 0.15) is 5.69 Å². The van der Waals surface area contributed by atoms with E-state index in [1.54, 1.807) is 38.5 Å². The number of rotatable bonds is 5. The monoisotopic (exact) mass is 378 g/mol. The van der Waals surface area contributed by atoms with Gasteiger partial charge in [0.25, 0.3) is 11.8 Å². The van der Waals surface area contributed by atoms with Crippen molar-refractivity contribution in [1.29, 1.82) is 0 Å². The molecule has 0 spiro atoms. The SMILES string of the molecule is CCN1CCn2cc(C(=O)N(C)Cc3cnn(-c4ccccc4)c3)nc2C1=O. The molecule has 0 unspecified atom stereocenters. The first-order chi connectivity index (χ1) is 13.6. The molecule has 0 radical (unpaired) electrons. The zero-order valence-corrected chi connectivity index (χ0v) is 15.9. The summed E-state index contributed by atoms with van der Waals surface area (Å²) in [6, 6.07) is 9.80. The Kier molecular flexibility index (Phi) is 4.68. The first kappa shape index (κ1) is 18.0. The molecule has 3 heterocycles. The summed E-state index contributed by atoms with van der Waals surface area (Å²) in [5, 5.41) is 4.36. The number of nitrogens with zero attached hydrogens (tertiary/aromatic N) is 6. The highest BCUT2D eigenvalue weighted by atomic mass is 16.2. The molecule has 1 aliphatic rings. The molecule has 1 aromatic carbocycles. The van der Waals surface area contributed by atoms with Crippen molar-refractivity contribution in [2.75, 3.05) is 20.1 Å². The lowest BCUT2D eigenvalue weighted by Gasteiger charge is -2.25. The molecule has 0 saturated carbocycles. The molecule has 144 valence electrons. The van der Waals surface area contributed by atoms with Gasteiger partial charge in [-0.05, 0) is 19.1 Å². The van der Waals surface area contributed by atoms with Crippen molar-refractivity contribution < 1.29 is 9.59 Å². The van der Waals surface area contributed by atoms with E-state index in [0.29, 0.717) is 37.7 Å². The van der Waals surface area contributed by atoms with Crippen LogP contribution in [0.3, 0.4) is 0 Å². The molecule has 0 fully saturated rings. The van der Waals surface area contributed by atoms with E-state index in [1.165, 1.54) is 0 Å². The van der Waals surface area contributed by atoms with Crippen LogP contribution in [0.25, 0.3) is 5.69 Å². The van der Waals surface area contributed by atoms with Crippen LogP contribution in [-0.4, -0.2) is 61.1 Å². The number of hydrogen-bond acceptors (Lipinski definition) is 4. The van der Waals surface area contributed by atoms with E-state index in [9.17, 15) is 9.59 Å². The second-order valence-corrected chi connectivity index (χ2v) is 6.82. The van der Waals surface area contributed by atoms with Gasteiger partial charge in [-0.25, -0.2) is 9.67 Å². The highest BCUT2D eigenvalue weighted by molar-refractivity contribution is 5.96. The summed E-state index contributed by atoms with van der Waals surface area (Å²) in [6.07, 6.45) is 5.32. The van der Waals surface area contributed by atoms with Crippen molar-refractivity contribution in [1.82, 2.24) is 29.1 Å². The predicted molar refractivity (Wildman–Crippen MR) is 103 cm³/mol. The maximum absolute atomic E-state index is 12.8. The first-order valence-electron chi connectivity index (χ1n) is 9.27. The standard InChI is InChI=1S/C20H22N6O2/c1-3-24-9-10-25-14-17(22-18(25)20(24)28)19(27)23(2)12-15-11-21-26(13-15)16-7-5-4-6-8-16/h4-8,11,13-14H,3,9-10,12H2,1-2H3. The van der Waals surface area contributed by atoms with E-state index in [2.05, 4.69) is 10.1 Å². The maximum Gasteiger partial charge on any atom is 0.289 e.